The number of carbonyl (C=O) groups is 1. The molecule has 0 radical (unpaired) electrons. The second-order valence-corrected chi connectivity index (χ2v) is 12.0. The zero-order valence-electron chi connectivity index (χ0n) is 23.5. The molecule has 3 aromatic rings. The van der Waals surface area contributed by atoms with Crippen LogP contribution in [0.4, 0.5) is 0 Å². The van der Waals surface area contributed by atoms with Crippen molar-refractivity contribution in [3.63, 3.8) is 0 Å². The number of amides is 1. The smallest absolute Gasteiger partial charge is 0.289 e. The van der Waals surface area contributed by atoms with E-state index in [2.05, 4.69) is 77.9 Å². The van der Waals surface area contributed by atoms with Crippen LogP contribution in [0.2, 0.25) is 0 Å². The zero-order valence-corrected chi connectivity index (χ0v) is 23.5. The van der Waals surface area contributed by atoms with Crippen LogP contribution in [0, 0.1) is 6.92 Å². The predicted octanol–water partition coefficient (Wildman–Crippen LogP) is 7.12. The number of fused-ring (bicyclic) bond motifs is 1. The lowest BCUT2D eigenvalue weighted by atomic mass is 9.62. The fourth-order valence-corrected chi connectivity index (χ4v) is 5.50. The van der Waals surface area contributed by atoms with Crippen LogP contribution in [-0.2, 0) is 30.2 Å². The van der Waals surface area contributed by atoms with E-state index in [0.717, 1.165) is 17.7 Å². The van der Waals surface area contributed by atoms with E-state index in [1.807, 2.05) is 6.07 Å². The summed E-state index contributed by atoms with van der Waals surface area (Å²) in [4.78, 5) is 15.2. The van der Waals surface area contributed by atoms with E-state index in [-0.39, 0.29) is 23.3 Å². The first-order chi connectivity index (χ1) is 17.5. The van der Waals surface area contributed by atoms with Gasteiger partial charge in [0.1, 0.15) is 5.76 Å². The van der Waals surface area contributed by atoms with Crippen LogP contribution in [-0.4, -0.2) is 29.1 Å². The van der Waals surface area contributed by atoms with Gasteiger partial charge >= 0.3 is 0 Å². The number of aliphatic hydroxyl groups is 1. The Hall–Kier alpha value is -2.85. The summed E-state index contributed by atoms with van der Waals surface area (Å²) in [5, 5.41) is 9.39. The molecule has 198 valence electrons. The van der Waals surface area contributed by atoms with Gasteiger partial charge in [-0.15, -0.1) is 0 Å². The lowest BCUT2D eigenvalue weighted by Crippen LogP contribution is -2.34. The highest BCUT2D eigenvalue weighted by molar-refractivity contribution is 5.91. The molecule has 0 fully saturated rings. The molecule has 1 aliphatic carbocycles. The Kier molecular flexibility index (Phi) is 7.99. The van der Waals surface area contributed by atoms with Crippen LogP contribution in [0.15, 0.2) is 52.9 Å². The number of furan rings is 1. The lowest BCUT2D eigenvalue weighted by Gasteiger charge is -2.42. The number of nitrogens with zero attached hydrogens (tertiary/aromatic N) is 1. The normalized spacial score (nSPS) is 15.9. The highest BCUT2D eigenvalue weighted by atomic mass is 16.4. The van der Waals surface area contributed by atoms with Crippen molar-refractivity contribution in [3.8, 4) is 0 Å². The Balaban J connectivity index is 1.54. The number of benzene rings is 2. The highest BCUT2D eigenvalue weighted by Gasteiger charge is 2.37. The molecule has 0 unspecified atom stereocenters. The second-order valence-electron chi connectivity index (χ2n) is 12.0. The number of aryl methyl sites for hydroxylation is 2. The van der Waals surface area contributed by atoms with E-state index in [9.17, 15) is 9.90 Å². The third-order valence-electron chi connectivity index (χ3n) is 8.22. The van der Waals surface area contributed by atoms with Gasteiger partial charge in [0.2, 0.25) is 0 Å². The van der Waals surface area contributed by atoms with Gasteiger partial charge in [-0.3, -0.25) is 4.79 Å². The predicted molar refractivity (Wildman–Crippen MR) is 150 cm³/mol. The molecule has 0 bridgehead atoms. The van der Waals surface area contributed by atoms with Crippen molar-refractivity contribution < 1.29 is 14.3 Å². The summed E-state index contributed by atoms with van der Waals surface area (Å²) in [6.45, 7) is 14.7. The van der Waals surface area contributed by atoms with Gasteiger partial charge in [0.15, 0.2) is 5.76 Å². The van der Waals surface area contributed by atoms with Crippen molar-refractivity contribution in [2.24, 2.45) is 0 Å². The SMILES string of the molecule is CCc1ccc(CN(CCCO)C(=O)c2ccc(Cc3cc4c(cc3C)C(C)(C)CCC4(C)C)o2)cc1. The fourth-order valence-electron chi connectivity index (χ4n) is 5.50. The van der Waals surface area contributed by atoms with Crippen molar-refractivity contribution in [3.05, 3.63) is 93.4 Å². The van der Waals surface area contributed by atoms with Crippen molar-refractivity contribution in [2.45, 2.75) is 91.0 Å². The first kappa shape index (κ1) is 27.2. The molecule has 0 spiro atoms. The Bertz CT molecular complexity index is 1230. The van der Waals surface area contributed by atoms with Crippen LogP contribution in [0.3, 0.4) is 0 Å². The fraction of sp³-hybridized carbons (Fsp3) is 0.485. The molecule has 1 aromatic heterocycles. The average molecular weight is 502 g/mol. The van der Waals surface area contributed by atoms with Gasteiger partial charge < -0.3 is 14.4 Å². The van der Waals surface area contributed by atoms with Gasteiger partial charge in [0.25, 0.3) is 5.91 Å². The maximum atomic E-state index is 13.4. The van der Waals surface area contributed by atoms with E-state index in [0.29, 0.717) is 31.7 Å². The molecule has 37 heavy (non-hydrogen) atoms. The summed E-state index contributed by atoms with van der Waals surface area (Å²) >= 11 is 0. The van der Waals surface area contributed by atoms with Crippen molar-refractivity contribution in [1.82, 2.24) is 4.90 Å². The maximum Gasteiger partial charge on any atom is 0.289 e. The third-order valence-corrected chi connectivity index (χ3v) is 8.22. The van der Waals surface area contributed by atoms with E-state index >= 15 is 0 Å². The van der Waals surface area contributed by atoms with Gasteiger partial charge in [-0.05, 0) is 89.0 Å². The molecule has 4 nitrogen and oxygen atoms in total. The molecule has 0 saturated heterocycles. The van der Waals surface area contributed by atoms with Crippen molar-refractivity contribution in [1.29, 1.82) is 0 Å². The highest BCUT2D eigenvalue weighted by Crippen LogP contribution is 2.46. The third kappa shape index (κ3) is 6.01. The summed E-state index contributed by atoms with van der Waals surface area (Å²) in [7, 11) is 0. The number of carbonyl (C=O) groups excluding carboxylic acids is 1. The molecule has 1 amide bonds. The first-order valence-corrected chi connectivity index (χ1v) is 13.7. The quantitative estimate of drug-likeness (QED) is 0.340. The Morgan fingerprint density at radius 1 is 0.946 bits per heavy atom. The first-order valence-electron chi connectivity index (χ1n) is 13.7. The summed E-state index contributed by atoms with van der Waals surface area (Å²) in [5.74, 6) is 1.02. The maximum absolute atomic E-state index is 13.4. The molecule has 1 heterocycles. The van der Waals surface area contributed by atoms with Crippen molar-refractivity contribution in [2.75, 3.05) is 13.2 Å². The van der Waals surface area contributed by atoms with E-state index in [4.69, 9.17) is 4.42 Å². The van der Waals surface area contributed by atoms with Crippen LogP contribution in [0.25, 0.3) is 0 Å². The van der Waals surface area contributed by atoms with E-state index in [1.54, 1.807) is 11.0 Å². The minimum absolute atomic E-state index is 0.0483. The molecule has 1 aliphatic rings. The summed E-state index contributed by atoms with van der Waals surface area (Å²) in [6.07, 6.45) is 4.57. The number of hydrogen-bond donors (Lipinski definition) is 1. The van der Waals surface area contributed by atoms with Crippen LogP contribution in [0.1, 0.15) is 104 Å². The summed E-state index contributed by atoms with van der Waals surface area (Å²) in [5.41, 5.74) is 8.12. The minimum atomic E-state index is -0.135. The Morgan fingerprint density at radius 2 is 1.57 bits per heavy atom. The summed E-state index contributed by atoms with van der Waals surface area (Å²) < 4.78 is 6.12. The standard InChI is InChI=1S/C33H43NO3/c1-7-24-9-11-25(12-10-24)22-34(17-8-18-35)31(36)30-14-13-27(37-30)20-26-21-29-28(19-23(26)2)32(3,4)15-16-33(29,5)6/h9-14,19,21,35H,7-8,15-18,20,22H2,1-6H3. The largest absolute Gasteiger partial charge is 0.456 e. The molecule has 4 heteroatoms. The van der Waals surface area contributed by atoms with E-state index in [1.165, 1.54) is 40.7 Å². The van der Waals surface area contributed by atoms with Crippen molar-refractivity contribution >= 4 is 5.91 Å². The van der Waals surface area contributed by atoms with Crippen LogP contribution >= 0.6 is 0 Å². The average Bonchev–Trinajstić information content (AvgIpc) is 3.34. The minimum Gasteiger partial charge on any atom is -0.456 e. The number of rotatable bonds is 9. The molecule has 0 aliphatic heterocycles. The van der Waals surface area contributed by atoms with Gasteiger partial charge in [0.05, 0.1) is 0 Å². The summed E-state index contributed by atoms with van der Waals surface area (Å²) in [6, 6.07) is 16.9. The molecule has 0 saturated carbocycles. The van der Waals surface area contributed by atoms with Crippen LogP contribution < -0.4 is 0 Å². The molecule has 4 rings (SSSR count). The lowest BCUT2D eigenvalue weighted by molar-refractivity contribution is 0.0698. The van der Waals surface area contributed by atoms with Gasteiger partial charge in [-0.2, -0.15) is 0 Å². The monoisotopic (exact) mass is 501 g/mol. The number of aliphatic hydroxyl groups excluding tert-OH is 1. The van der Waals surface area contributed by atoms with Gasteiger partial charge in [-0.1, -0.05) is 71.0 Å². The second kappa shape index (κ2) is 10.9. The zero-order chi connectivity index (χ0) is 26.8. The van der Waals surface area contributed by atoms with Gasteiger partial charge in [-0.25, -0.2) is 0 Å². The molecular formula is C33H43NO3. The molecular weight excluding hydrogens is 458 g/mol. The number of hydrogen-bond acceptors (Lipinski definition) is 3. The molecule has 1 N–H and O–H groups in total. The van der Waals surface area contributed by atoms with Gasteiger partial charge in [0, 0.05) is 26.1 Å². The topological polar surface area (TPSA) is 53.7 Å². The molecule has 0 atom stereocenters. The Labute approximate surface area is 222 Å². The Morgan fingerprint density at radius 3 is 2.19 bits per heavy atom. The molecule has 2 aromatic carbocycles. The van der Waals surface area contributed by atoms with Crippen LogP contribution in [0.5, 0.6) is 0 Å². The van der Waals surface area contributed by atoms with E-state index < -0.39 is 0 Å².